The van der Waals surface area contributed by atoms with Gasteiger partial charge in [0.05, 0.1) is 43.5 Å². The Kier molecular flexibility index (Phi) is 6.50. The van der Waals surface area contributed by atoms with Crippen LogP contribution in [0.1, 0.15) is 50.0 Å². The summed E-state index contributed by atoms with van der Waals surface area (Å²) < 4.78 is 22.7. The lowest BCUT2D eigenvalue weighted by Crippen LogP contribution is -2.29. The van der Waals surface area contributed by atoms with Gasteiger partial charge in [-0.1, -0.05) is 33.3 Å². The standard InChI is InChI=1S/C26H21BrN2O7S/c1-5-35-25(32)23-12(2)28-26(37-23)29-20(13-6-8-17(33-3)18(10-13)34-4)19-21(30)15-11-14(27)7-9-16(15)36-22(19)24(29)31/h6-11,20H,5H2,1-4H3. The van der Waals surface area contributed by atoms with Crippen molar-refractivity contribution in [2.75, 3.05) is 25.7 Å². The minimum Gasteiger partial charge on any atom is -0.493 e. The molecule has 37 heavy (non-hydrogen) atoms. The third kappa shape index (κ3) is 4.08. The number of thiazole rings is 1. The number of benzene rings is 2. The number of hydrogen-bond acceptors (Lipinski definition) is 9. The molecule has 1 unspecified atom stereocenters. The Hall–Kier alpha value is -3.70. The molecular formula is C26H21BrN2O7S. The highest BCUT2D eigenvalue weighted by molar-refractivity contribution is 9.10. The number of fused-ring (bicyclic) bond motifs is 2. The Balaban J connectivity index is 1.77. The van der Waals surface area contributed by atoms with Gasteiger partial charge in [0.2, 0.25) is 5.76 Å². The molecule has 0 bridgehead atoms. The van der Waals surface area contributed by atoms with E-state index < -0.39 is 17.9 Å². The first-order chi connectivity index (χ1) is 17.8. The summed E-state index contributed by atoms with van der Waals surface area (Å²) in [5.41, 5.74) is 1.12. The zero-order chi connectivity index (χ0) is 26.4. The monoisotopic (exact) mass is 584 g/mol. The summed E-state index contributed by atoms with van der Waals surface area (Å²) >= 11 is 4.42. The number of amides is 1. The Bertz CT molecular complexity index is 1630. The van der Waals surface area contributed by atoms with Crippen molar-refractivity contribution in [1.29, 1.82) is 0 Å². The fourth-order valence-corrected chi connectivity index (χ4v) is 5.70. The number of anilines is 1. The van der Waals surface area contributed by atoms with Crippen molar-refractivity contribution in [1.82, 2.24) is 4.98 Å². The summed E-state index contributed by atoms with van der Waals surface area (Å²) in [6.45, 7) is 3.58. The molecule has 4 aromatic rings. The van der Waals surface area contributed by atoms with E-state index in [0.717, 1.165) is 11.3 Å². The van der Waals surface area contributed by atoms with Crippen molar-refractivity contribution < 1.29 is 28.2 Å². The van der Waals surface area contributed by atoms with Crippen LogP contribution in [0, 0.1) is 6.92 Å². The fourth-order valence-electron chi connectivity index (χ4n) is 4.35. The van der Waals surface area contributed by atoms with Crippen LogP contribution in [0.15, 0.2) is 50.1 Å². The van der Waals surface area contributed by atoms with Gasteiger partial charge in [0, 0.05) is 4.47 Å². The molecule has 0 aliphatic carbocycles. The number of hydrogen-bond donors (Lipinski definition) is 0. The largest absolute Gasteiger partial charge is 0.493 e. The summed E-state index contributed by atoms with van der Waals surface area (Å²) in [6, 6.07) is 9.29. The average molecular weight is 585 g/mol. The summed E-state index contributed by atoms with van der Waals surface area (Å²) in [5, 5.41) is 0.567. The van der Waals surface area contributed by atoms with Gasteiger partial charge in [-0.3, -0.25) is 14.5 Å². The highest BCUT2D eigenvalue weighted by Crippen LogP contribution is 2.45. The van der Waals surface area contributed by atoms with Crippen LogP contribution in [0.3, 0.4) is 0 Å². The molecule has 1 atom stereocenters. The lowest BCUT2D eigenvalue weighted by atomic mass is 9.98. The topological polar surface area (TPSA) is 108 Å². The van der Waals surface area contributed by atoms with Gasteiger partial charge in [0.25, 0.3) is 5.91 Å². The molecule has 9 nitrogen and oxygen atoms in total. The third-order valence-electron chi connectivity index (χ3n) is 6.01. The number of aryl methyl sites for hydroxylation is 1. The Labute approximate surface area is 223 Å². The molecule has 1 amide bonds. The van der Waals surface area contributed by atoms with Crippen molar-refractivity contribution in [2.45, 2.75) is 19.9 Å². The number of aromatic nitrogens is 1. The zero-order valence-electron chi connectivity index (χ0n) is 20.3. The van der Waals surface area contributed by atoms with Crippen LogP contribution in [0.2, 0.25) is 0 Å². The molecule has 5 rings (SSSR count). The maximum absolute atomic E-state index is 13.8. The molecule has 3 heterocycles. The number of carbonyl (C=O) groups is 2. The van der Waals surface area contributed by atoms with E-state index in [0.29, 0.717) is 32.6 Å². The number of nitrogens with zero attached hydrogens (tertiary/aromatic N) is 2. The van der Waals surface area contributed by atoms with Crippen molar-refractivity contribution in [3.8, 4) is 11.5 Å². The lowest BCUT2D eigenvalue weighted by Gasteiger charge is -2.23. The van der Waals surface area contributed by atoms with E-state index in [2.05, 4.69) is 20.9 Å². The second-order valence-corrected chi connectivity index (χ2v) is 10.0. The lowest BCUT2D eigenvalue weighted by molar-refractivity contribution is 0.0531. The highest BCUT2D eigenvalue weighted by Gasteiger charge is 2.45. The van der Waals surface area contributed by atoms with E-state index in [4.69, 9.17) is 18.6 Å². The van der Waals surface area contributed by atoms with Crippen LogP contribution in [0.5, 0.6) is 11.5 Å². The minimum absolute atomic E-state index is 0.0786. The predicted octanol–water partition coefficient (Wildman–Crippen LogP) is 5.26. The molecule has 1 aliphatic rings. The Morgan fingerprint density at radius 1 is 1.14 bits per heavy atom. The first-order valence-electron chi connectivity index (χ1n) is 11.2. The van der Waals surface area contributed by atoms with Crippen LogP contribution < -0.4 is 19.8 Å². The first kappa shape index (κ1) is 25.0. The number of rotatable bonds is 6. The van der Waals surface area contributed by atoms with E-state index in [-0.39, 0.29) is 39.0 Å². The molecule has 11 heteroatoms. The van der Waals surface area contributed by atoms with Gasteiger partial charge in [-0.25, -0.2) is 9.78 Å². The summed E-state index contributed by atoms with van der Waals surface area (Å²) in [5.74, 6) is -0.228. The van der Waals surface area contributed by atoms with Crippen molar-refractivity contribution in [3.05, 3.63) is 78.6 Å². The van der Waals surface area contributed by atoms with Crippen LogP contribution >= 0.6 is 27.3 Å². The van der Waals surface area contributed by atoms with E-state index in [9.17, 15) is 14.4 Å². The molecule has 2 aromatic carbocycles. The van der Waals surface area contributed by atoms with Gasteiger partial charge in [-0.15, -0.1) is 0 Å². The average Bonchev–Trinajstić information content (AvgIpc) is 3.41. The smallest absolute Gasteiger partial charge is 0.350 e. The summed E-state index contributed by atoms with van der Waals surface area (Å²) in [4.78, 5) is 46.3. The van der Waals surface area contributed by atoms with Crippen LogP contribution in [-0.2, 0) is 4.74 Å². The number of methoxy groups -OCH3 is 2. The SMILES string of the molecule is CCOC(=O)c1sc(N2C(=O)c3oc4ccc(Br)cc4c(=O)c3C2c2ccc(OC)c(OC)c2)nc1C. The molecule has 0 N–H and O–H groups in total. The molecular weight excluding hydrogens is 564 g/mol. The molecule has 0 radical (unpaired) electrons. The van der Waals surface area contributed by atoms with Gasteiger partial charge in [0.1, 0.15) is 10.5 Å². The van der Waals surface area contributed by atoms with Crippen molar-refractivity contribution in [2.24, 2.45) is 0 Å². The van der Waals surface area contributed by atoms with Gasteiger partial charge in [-0.05, 0) is 49.7 Å². The quantitative estimate of drug-likeness (QED) is 0.282. The predicted molar refractivity (Wildman–Crippen MR) is 141 cm³/mol. The van der Waals surface area contributed by atoms with Gasteiger partial charge in [-0.2, -0.15) is 0 Å². The maximum atomic E-state index is 13.8. The number of carbonyl (C=O) groups excluding carboxylic acids is 2. The summed E-state index contributed by atoms with van der Waals surface area (Å²) in [6.07, 6.45) is 0. The second kappa shape index (κ2) is 9.64. The second-order valence-electron chi connectivity index (χ2n) is 8.14. The van der Waals surface area contributed by atoms with Crippen molar-refractivity contribution >= 4 is 55.2 Å². The van der Waals surface area contributed by atoms with E-state index in [1.54, 1.807) is 50.2 Å². The van der Waals surface area contributed by atoms with Gasteiger partial charge >= 0.3 is 5.97 Å². The zero-order valence-corrected chi connectivity index (χ0v) is 22.7. The number of esters is 1. The van der Waals surface area contributed by atoms with Crippen LogP contribution in [-0.4, -0.2) is 37.7 Å². The number of halogens is 1. The van der Waals surface area contributed by atoms with Gasteiger partial charge < -0.3 is 18.6 Å². The summed E-state index contributed by atoms with van der Waals surface area (Å²) in [7, 11) is 3.02. The number of ether oxygens (including phenoxy) is 3. The molecule has 0 spiro atoms. The van der Waals surface area contributed by atoms with E-state index in [1.807, 2.05) is 0 Å². The molecule has 0 saturated carbocycles. The normalized spacial score (nSPS) is 14.7. The molecule has 0 fully saturated rings. The van der Waals surface area contributed by atoms with Gasteiger partial charge in [0.15, 0.2) is 22.1 Å². The van der Waals surface area contributed by atoms with Crippen molar-refractivity contribution in [3.63, 3.8) is 0 Å². The Morgan fingerprint density at radius 2 is 1.89 bits per heavy atom. The van der Waals surface area contributed by atoms with Crippen LogP contribution in [0.25, 0.3) is 11.0 Å². The molecule has 1 aliphatic heterocycles. The minimum atomic E-state index is -0.887. The third-order valence-corrected chi connectivity index (χ3v) is 7.64. The maximum Gasteiger partial charge on any atom is 0.350 e. The molecule has 190 valence electrons. The Morgan fingerprint density at radius 3 is 2.59 bits per heavy atom. The van der Waals surface area contributed by atoms with E-state index >= 15 is 0 Å². The van der Waals surface area contributed by atoms with Crippen LogP contribution in [0.4, 0.5) is 5.13 Å². The molecule has 0 saturated heterocycles. The molecule has 2 aromatic heterocycles. The first-order valence-corrected chi connectivity index (χ1v) is 12.9. The highest BCUT2D eigenvalue weighted by atomic mass is 79.9. The van der Waals surface area contributed by atoms with E-state index in [1.165, 1.54) is 19.1 Å². The fraction of sp³-hybridized carbons (Fsp3) is 0.231.